The maximum atomic E-state index is 5.45. The fourth-order valence-corrected chi connectivity index (χ4v) is 1.86. The number of rotatable bonds is 12. The quantitative estimate of drug-likeness (QED) is 0.374. The Balaban J connectivity index is 2.98. The molecule has 0 aliphatic heterocycles. The van der Waals surface area contributed by atoms with E-state index in [-0.39, 0.29) is 0 Å². The standard InChI is InChI=1S/C15H31N/c1-2-3-4-5-6-7-8-9-10-11-12-13-14-15-16/h7-8H,2-6,9-16H2,1H3. The molecule has 1 heteroatoms. The van der Waals surface area contributed by atoms with E-state index in [1.807, 2.05) is 0 Å². The van der Waals surface area contributed by atoms with Gasteiger partial charge in [-0.3, -0.25) is 0 Å². The van der Waals surface area contributed by atoms with Crippen molar-refractivity contribution in [1.29, 1.82) is 0 Å². The number of allylic oxidation sites excluding steroid dienone is 2. The molecule has 0 saturated heterocycles. The van der Waals surface area contributed by atoms with E-state index in [1.54, 1.807) is 0 Å². The van der Waals surface area contributed by atoms with Crippen LogP contribution < -0.4 is 5.73 Å². The van der Waals surface area contributed by atoms with Gasteiger partial charge in [-0.25, -0.2) is 0 Å². The van der Waals surface area contributed by atoms with Crippen molar-refractivity contribution in [3.05, 3.63) is 12.2 Å². The summed E-state index contributed by atoms with van der Waals surface area (Å²) in [5.41, 5.74) is 5.45. The van der Waals surface area contributed by atoms with Gasteiger partial charge < -0.3 is 5.73 Å². The first-order valence-corrected chi connectivity index (χ1v) is 7.27. The monoisotopic (exact) mass is 225 g/mol. The summed E-state index contributed by atoms with van der Waals surface area (Å²) in [5.74, 6) is 0. The van der Waals surface area contributed by atoms with Crippen LogP contribution in [0.4, 0.5) is 0 Å². The fourth-order valence-electron chi connectivity index (χ4n) is 1.86. The Kier molecular flexibility index (Phi) is 14.4. The van der Waals surface area contributed by atoms with E-state index >= 15 is 0 Å². The van der Waals surface area contributed by atoms with Gasteiger partial charge >= 0.3 is 0 Å². The lowest BCUT2D eigenvalue weighted by atomic mass is 10.1. The van der Waals surface area contributed by atoms with Crippen molar-refractivity contribution in [3.8, 4) is 0 Å². The summed E-state index contributed by atoms with van der Waals surface area (Å²) in [6, 6.07) is 0. The minimum absolute atomic E-state index is 0.859. The van der Waals surface area contributed by atoms with Crippen LogP contribution >= 0.6 is 0 Å². The van der Waals surface area contributed by atoms with Crippen LogP contribution in [0.2, 0.25) is 0 Å². The predicted molar refractivity (Wildman–Crippen MR) is 74.7 cm³/mol. The highest BCUT2D eigenvalue weighted by molar-refractivity contribution is 4.81. The summed E-state index contributed by atoms with van der Waals surface area (Å²) in [7, 11) is 0. The van der Waals surface area contributed by atoms with E-state index in [2.05, 4.69) is 19.1 Å². The molecule has 0 fully saturated rings. The van der Waals surface area contributed by atoms with E-state index in [9.17, 15) is 0 Å². The second-order valence-corrected chi connectivity index (χ2v) is 4.67. The van der Waals surface area contributed by atoms with Crippen molar-refractivity contribution in [2.75, 3.05) is 6.54 Å². The first-order chi connectivity index (χ1) is 7.91. The summed E-state index contributed by atoms with van der Waals surface area (Å²) >= 11 is 0. The maximum absolute atomic E-state index is 5.45. The molecule has 2 N–H and O–H groups in total. The molecule has 0 heterocycles. The van der Waals surface area contributed by atoms with Gasteiger partial charge in [-0.1, -0.05) is 57.6 Å². The predicted octanol–water partition coefficient (Wildman–Crippen LogP) is 4.81. The van der Waals surface area contributed by atoms with Gasteiger partial charge in [0.25, 0.3) is 0 Å². The second kappa shape index (κ2) is 14.7. The van der Waals surface area contributed by atoms with Crippen molar-refractivity contribution >= 4 is 0 Å². The Bertz CT molecular complexity index is 140. The SMILES string of the molecule is CCCCCCC=CCCCCCCCN. The van der Waals surface area contributed by atoms with Crippen LogP contribution in [0.1, 0.15) is 77.6 Å². The number of unbranched alkanes of at least 4 members (excludes halogenated alkanes) is 9. The lowest BCUT2D eigenvalue weighted by Crippen LogP contribution is -1.97. The van der Waals surface area contributed by atoms with Gasteiger partial charge in [0.15, 0.2) is 0 Å². The van der Waals surface area contributed by atoms with E-state index in [1.165, 1.54) is 70.6 Å². The van der Waals surface area contributed by atoms with Crippen molar-refractivity contribution < 1.29 is 0 Å². The van der Waals surface area contributed by atoms with Gasteiger partial charge in [-0.05, 0) is 38.6 Å². The molecule has 0 aliphatic carbocycles. The van der Waals surface area contributed by atoms with Crippen LogP contribution in [0.5, 0.6) is 0 Å². The zero-order valence-electron chi connectivity index (χ0n) is 11.2. The zero-order valence-corrected chi connectivity index (χ0v) is 11.2. The molecule has 0 aromatic carbocycles. The van der Waals surface area contributed by atoms with Crippen molar-refractivity contribution in [1.82, 2.24) is 0 Å². The van der Waals surface area contributed by atoms with Crippen LogP contribution in [0, 0.1) is 0 Å². The molecule has 0 aliphatic rings. The molecule has 0 saturated carbocycles. The molecule has 0 radical (unpaired) electrons. The summed E-state index contributed by atoms with van der Waals surface area (Å²) in [5, 5.41) is 0. The first-order valence-electron chi connectivity index (χ1n) is 7.27. The highest BCUT2D eigenvalue weighted by Crippen LogP contribution is 2.07. The topological polar surface area (TPSA) is 26.0 Å². The Hall–Kier alpha value is -0.300. The summed E-state index contributed by atoms with van der Waals surface area (Å²) in [6.07, 6.45) is 19.4. The van der Waals surface area contributed by atoms with E-state index in [0.29, 0.717) is 0 Å². The maximum Gasteiger partial charge on any atom is -0.00773 e. The molecular formula is C15H31N. The van der Waals surface area contributed by atoms with Crippen molar-refractivity contribution in [2.24, 2.45) is 5.73 Å². The normalized spacial score (nSPS) is 11.4. The minimum atomic E-state index is 0.859. The largest absolute Gasteiger partial charge is 0.330 e. The number of hydrogen-bond acceptors (Lipinski definition) is 1. The fraction of sp³-hybridized carbons (Fsp3) is 0.867. The third kappa shape index (κ3) is 13.7. The molecule has 0 amide bonds. The molecule has 0 aromatic rings. The van der Waals surface area contributed by atoms with Crippen LogP contribution in [-0.4, -0.2) is 6.54 Å². The van der Waals surface area contributed by atoms with Crippen LogP contribution in [0.15, 0.2) is 12.2 Å². The number of nitrogens with two attached hydrogens (primary N) is 1. The van der Waals surface area contributed by atoms with E-state index < -0.39 is 0 Å². The average Bonchev–Trinajstić information content (AvgIpc) is 2.31. The molecule has 0 atom stereocenters. The van der Waals surface area contributed by atoms with Gasteiger partial charge in [-0.15, -0.1) is 0 Å². The zero-order chi connectivity index (χ0) is 11.9. The van der Waals surface area contributed by atoms with Gasteiger partial charge in [0, 0.05) is 0 Å². The van der Waals surface area contributed by atoms with Gasteiger partial charge in [-0.2, -0.15) is 0 Å². The summed E-state index contributed by atoms with van der Waals surface area (Å²) < 4.78 is 0. The van der Waals surface area contributed by atoms with Crippen molar-refractivity contribution in [2.45, 2.75) is 77.6 Å². The lowest BCUT2D eigenvalue weighted by Gasteiger charge is -1.98. The Morgan fingerprint density at radius 3 is 1.75 bits per heavy atom. The molecular weight excluding hydrogens is 194 g/mol. The first kappa shape index (κ1) is 15.7. The molecule has 0 aromatic heterocycles. The second-order valence-electron chi connectivity index (χ2n) is 4.67. The van der Waals surface area contributed by atoms with Crippen LogP contribution in [0.3, 0.4) is 0 Å². The summed E-state index contributed by atoms with van der Waals surface area (Å²) in [6.45, 7) is 3.12. The average molecular weight is 225 g/mol. The Labute approximate surface area is 102 Å². The molecule has 0 rings (SSSR count). The van der Waals surface area contributed by atoms with Crippen LogP contribution in [-0.2, 0) is 0 Å². The molecule has 0 spiro atoms. The van der Waals surface area contributed by atoms with Gasteiger partial charge in [0.2, 0.25) is 0 Å². The lowest BCUT2D eigenvalue weighted by molar-refractivity contribution is 0.621. The molecule has 0 bridgehead atoms. The third-order valence-corrected chi connectivity index (χ3v) is 2.97. The molecule has 96 valence electrons. The Morgan fingerprint density at radius 1 is 0.688 bits per heavy atom. The van der Waals surface area contributed by atoms with E-state index in [0.717, 1.165) is 6.54 Å². The molecule has 16 heavy (non-hydrogen) atoms. The highest BCUT2D eigenvalue weighted by atomic mass is 14.5. The van der Waals surface area contributed by atoms with Crippen LogP contribution in [0.25, 0.3) is 0 Å². The summed E-state index contributed by atoms with van der Waals surface area (Å²) in [4.78, 5) is 0. The smallest absolute Gasteiger partial charge is 0.00773 e. The Morgan fingerprint density at radius 2 is 1.19 bits per heavy atom. The highest BCUT2D eigenvalue weighted by Gasteiger charge is 1.88. The third-order valence-electron chi connectivity index (χ3n) is 2.97. The molecule has 1 nitrogen and oxygen atoms in total. The molecule has 0 unspecified atom stereocenters. The number of hydrogen-bond donors (Lipinski definition) is 1. The minimum Gasteiger partial charge on any atom is -0.330 e. The van der Waals surface area contributed by atoms with Gasteiger partial charge in [0.05, 0.1) is 0 Å². The van der Waals surface area contributed by atoms with Gasteiger partial charge in [0.1, 0.15) is 0 Å². The van der Waals surface area contributed by atoms with Crippen molar-refractivity contribution in [3.63, 3.8) is 0 Å². The van der Waals surface area contributed by atoms with E-state index in [4.69, 9.17) is 5.73 Å².